The SMILES string of the molecule is CCCOc1c2cccc1[S+](CC)c1cccc(c1OCCC)Sc1cccc(c1OCCC)[S+](CC)c1cccc(c1OCCC)S2. The van der Waals surface area contributed by atoms with Gasteiger partial charge < -0.3 is 18.9 Å². The number of benzene rings is 4. The van der Waals surface area contributed by atoms with E-state index in [-0.39, 0.29) is 21.8 Å². The molecular weight excluding hydrogens is 673 g/mol. The van der Waals surface area contributed by atoms with Crippen molar-refractivity contribution in [1.82, 2.24) is 0 Å². The molecule has 5 rings (SSSR count). The van der Waals surface area contributed by atoms with Crippen molar-refractivity contribution >= 4 is 45.3 Å². The molecule has 4 nitrogen and oxygen atoms in total. The van der Waals surface area contributed by atoms with Crippen LogP contribution < -0.4 is 18.9 Å². The Hall–Kier alpha value is -2.52. The summed E-state index contributed by atoms with van der Waals surface area (Å²) in [7, 11) is -0.566. The van der Waals surface area contributed by atoms with Crippen molar-refractivity contribution in [3.05, 3.63) is 72.8 Å². The van der Waals surface area contributed by atoms with E-state index in [2.05, 4.69) is 114 Å². The molecule has 0 radical (unpaired) electrons. The Morgan fingerprint density at radius 3 is 0.854 bits per heavy atom. The Morgan fingerprint density at radius 2 is 0.646 bits per heavy atom. The number of fused-ring (bicyclic) bond motifs is 8. The fraction of sp³-hybridized carbons (Fsp3) is 0.400. The zero-order chi connectivity index (χ0) is 33.9. The molecule has 1 aliphatic rings. The number of para-hydroxylation sites is 4. The number of hydrogen-bond donors (Lipinski definition) is 0. The van der Waals surface area contributed by atoms with Crippen LogP contribution in [0.25, 0.3) is 0 Å². The predicted octanol–water partition coefficient (Wildman–Crippen LogP) is 11.6. The van der Waals surface area contributed by atoms with Gasteiger partial charge in [-0.3, -0.25) is 0 Å². The van der Waals surface area contributed by atoms with Gasteiger partial charge >= 0.3 is 0 Å². The zero-order valence-corrected chi connectivity index (χ0v) is 32.5. The van der Waals surface area contributed by atoms with Crippen LogP contribution in [0.4, 0.5) is 0 Å². The minimum Gasteiger partial charge on any atom is -0.487 e. The summed E-state index contributed by atoms with van der Waals surface area (Å²) in [5, 5.41) is 0. The van der Waals surface area contributed by atoms with E-state index in [1.807, 2.05) is 0 Å². The molecule has 48 heavy (non-hydrogen) atoms. The summed E-state index contributed by atoms with van der Waals surface area (Å²) in [5.74, 6) is 5.78. The first-order valence-electron chi connectivity index (χ1n) is 17.4. The first-order valence-corrected chi connectivity index (χ1v) is 21.8. The van der Waals surface area contributed by atoms with Gasteiger partial charge in [0.15, 0.2) is 23.0 Å². The minimum atomic E-state index is -0.283. The van der Waals surface area contributed by atoms with Crippen LogP contribution in [0.1, 0.15) is 67.2 Å². The minimum absolute atomic E-state index is 0.283. The van der Waals surface area contributed by atoms with E-state index < -0.39 is 0 Å². The first kappa shape index (κ1) is 36.8. The summed E-state index contributed by atoms with van der Waals surface area (Å²) in [6.45, 7) is 15.9. The van der Waals surface area contributed by atoms with E-state index >= 15 is 0 Å². The summed E-state index contributed by atoms with van der Waals surface area (Å²) < 4.78 is 26.8. The predicted molar refractivity (Wildman–Crippen MR) is 206 cm³/mol. The average Bonchev–Trinajstić information content (AvgIpc) is 3.10. The van der Waals surface area contributed by atoms with Crippen molar-refractivity contribution in [2.24, 2.45) is 0 Å². The molecular formula is C40H50O4S4+2. The molecule has 0 fully saturated rings. The lowest BCUT2D eigenvalue weighted by Crippen LogP contribution is -2.14. The van der Waals surface area contributed by atoms with Crippen molar-refractivity contribution in [3.8, 4) is 23.0 Å². The molecule has 0 saturated heterocycles. The van der Waals surface area contributed by atoms with Crippen LogP contribution in [0.2, 0.25) is 0 Å². The lowest BCUT2D eigenvalue weighted by atomic mass is 10.3. The number of hydrogen-bond acceptors (Lipinski definition) is 6. The number of ether oxygens (including phenoxy) is 4. The summed E-state index contributed by atoms with van der Waals surface area (Å²) >= 11 is 3.52. The second kappa shape index (κ2) is 18.5. The van der Waals surface area contributed by atoms with Crippen LogP contribution in [-0.4, -0.2) is 37.9 Å². The molecule has 4 aromatic carbocycles. The molecule has 256 valence electrons. The van der Waals surface area contributed by atoms with Crippen molar-refractivity contribution in [1.29, 1.82) is 0 Å². The fourth-order valence-electron chi connectivity index (χ4n) is 5.56. The van der Waals surface area contributed by atoms with Gasteiger partial charge in [-0.05, 0) is 88.1 Å². The molecule has 0 spiro atoms. The molecule has 1 heterocycles. The highest BCUT2D eigenvalue weighted by Crippen LogP contribution is 2.51. The van der Waals surface area contributed by atoms with Gasteiger partial charge in [0.05, 0.1) is 67.8 Å². The molecule has 8 heteroatoms. The molecule has 0 aromatic heterocycles. The summed E-state index contributed by atoms with van der Waals surface area (Å²) in [5.41, 5.74) is 0. The topological polar surface area (TPSA) is 36.9 Å². The van der Waals surface area contributed by atoms with E-state index in [0.717, 1.165) is 79.8 Å². The lowest BCUT2D eigenvalue weighted by Gasteiger charge is -2.21. The molecule has 8 bridgehead atoms. The highest BCUT2D eigenvalue weighted by Gasteiger charge is 2.37. The summed E-state index contributed by atoms with van der Waals surface area (Å²) in [4.78, 5) is 9.35. The molecule has 0 unspecified atom stereocenters. The molecule has 0 amide bonds. The maximum atomic E-state index is 6.69. The van der Waals surface area contributed by atoms with Gasteiger partial charge in [0.25, 0.3) is 0 Å². The third-order valence-corrected chi connectivity index (χ3v) is 14.4. The molecule has 0 saturated carbocycles. The zero-order valence-electron chi connectivity index (χ0n) is 29.3. The molecule has 0 aliphatic carbocycles. The molecule has 1 aliphatic heterocycles. The standard InChI is InChI=1S/C40H50O4S4/c1-7-25-41-37-29-17-13-21-33(37)47(11-5)34-22-15-19-31(39(34)43-27-9-3)46-32-20-16-24-36(40(32)44-28-10-4)48(12-6)35-23-14-18-30(45-29)38(35)42-26-8-2/h13-24H,7-12,25-28H2,1-6H3/q+2. The smallest absolute Gasteiger partial charge is 0.203 e. The summed E-state index contributed by atoms with van der Waals surface area (Å²) in [6, 6.07) is 26.6. The van der Waals surface area contributed by atoms with Crippen LogP contribution in [0.15, 0.2) is 112 Å². The van der Waals surface area contributed by atoms with Gasteiger partial charge in [-0.2, -0.15) is 0 Å². The van der Waals surface area contributed by atoms with Crippen LogP contribution in [0, 0.1) is 0 Å². The lowest BCUT2D eigenvalue weighted by molar-refractivity contribution is 0.299. The Labute approximate surface area is 302 Å². The maximum Gasteiger partial charge on any atom is 0.203 e. The Kier molecular flexibility index (Phi) is 14.1. The van der Waals surface area contributed by atoms with Gasteiger partial charge in [0, 0.05) is 0 Å². The van der Waals surface area contributed by atoms with Crippen molar-refractivity contribution in [2.45, 2.75) is 106 Å². The molecule has 4 aromatic rings. The van der Waals surface area contributed by atoms with Gasteiger partial charge in [-0.15, -0.1) is 0 Å². The fourth-order valence-corrected chi connectivity index (χ4v) is 12.2. The monoisotopic (exact) mass is 722 g/mol. The largest absolute Gasteiger partial charge is 0.487 e. The quantitative estimate of drug-likeness (QED) is 0.121. The highest BCUT2D eigenvalue weighted by atomic mass is 32.2. The van der Waals surface area contributed by atoms with Crippen LogP contribution >= 0.6 is 23.5 Å². The summed E-state index contributed by atoms with van der Waals surface area (Å²) in [6.07, 6.45) is 3.76. The normalized spacial score (nSPS) is 15.5. The van der Waals surface area contributed by atoms with E-state index in [9.17, 15) is 0 Å². The van der Waals surface area contributed by atoms with E-state index in [1.165, 1.54) is 19.6 Å². The Bertz CT molecular complexity index is 1410. The van der Waals surface area contributed by atoms with Crippen molar-refractivity contribution < 1.29 is 18.9 Å². The second-order valence-corrected chi connectivity index (χ2v) is 17.9. The van der Waals surface area contributed by atoms with E-state index in [1.54, 1.807) is 23.5 Å². The second-order valence-electron chi connectivity index (χ2n) is 11.3. The third kappa shape index (κ3) is 8.26. The maximum absolute atomic E-state index is 6.69. The van der Waals surface area contributed by atoms with Gasteiger partial charge in [-0.25, -0.2) is 0 Å². The third-order valence-electron chi connectivity index (χ3n) is 7.65. The van der Waals surface area contributed by atoms with Gasteiger partial charge in [-0.1, -0.05) is 75.5 Å². The molecule has 0 atom stereocenters. The first-order chi connectivity index (χ1) is 23.6. The molecule has 0 N–H and O–H groups in total. The van der Waals surface area contributed by atoms with Crippen molar-refractivity contribution in [2.75, 3.05) is 37.9 Å². The van der Waals surface area contributed by atoms with E-state index in [0.29, 0.717) is 26.4 Å². The Morgan fingerprint density at radius 1 is 0.396 bits per heavy atom. The van der Waals surface area contributed by atoms with Crippen molar-refractivity contribution in [3.63, 3.8) is 0 Å². The highest BCUT2D eigenvalue weighted by molar-refractivity contribution is 8.00. The average molecular weight is 723 g/mol. The van der Waals surface area contributed by atoms with Crippen LogP contribution in [0.3, 0.4) is 0 Å². The van der Waals surface area contributed by atoms with Gasteiger partial charge in [0.2, 0.25) is 19.6 Å². The van der Waals surface area contributed by atoms with Crippen LogP contribution in [-0.2, 0) is 21.8 Å². The Balaban J connectivity index is 1.85. The number of rotatable bonds is 14. The van der Waals surface area contributed by atoms with Crippen LogP contribution in [0.5, 0.6) is 23.0 Å². The van der Waals surface area contributed by atoms with Gasteiger partial charge in [0.1, 0.15) is 11.5 Å². The van der Waals surface area contributed by atoms with E-state index in [4.69, 9.17) is 18.9 Å².